The molecule has 5 heteroatoms. The van der Waals surface area contributed by atoms with E-state index in [4.69, 9.17) is 0 Å². The van der Waals surface area contributed by atoms with Gasteiger partial charge in [-0.3, -0.25) is 14.5 Å². The molecule has 0 aromatic heterocycles. The fourth-order valence-corrected chi connectivity index (χ4v) is 5.46. The molecule has 1 aliphatic carbocycles. The summed E-state index contributed by atoms with van der Waals surface area (Å²) >= 11 is 0. The highest BCUT2D eigenvalue weighted by molar-refractivity contribution is 5.87. The molecule has 1 aliphatic heterocycles. The largest absolute Gasteiger partial charge is 0.345 e. The van der Waals surface area contributed by atoms with E-state index in [0.717, 1.165) is 58.3 Å². The molecule has 0 unspecified atom stereocenters. The van der Waals surface area contributed by atoms with E-state index in [1.54, 1.807) is 6.92 Å². The van der Waals surface area contributed by atoms with E-state index in [1.807, 2.05) is 0 Å². The van der Waals surface area contributed by atoms with Gasteiger partial charge in [-0.25, -0.2) is 0 Å². The lowest BCUT2D eigenvalue weighted by Crippen LogP contribution is -2.54. The Hall–Kier alpha value is -1.88. The summed E-state index contributed by atoms with van der Waals surface area (Å²) in [6.45, 7) is 7.54. The van der Waals surface area contributed by atoms with Crippen molar-refractivity contribution < 1.29 is 9.59 Å². The molecule has 2 aliphatic rings. The summed E-state index contributed by atoms with van der Waals surface area (Å²) in [6.07, 6.45) is 11.1. The standard InChI is InChI=1S/C27H43N3O2/c1-3-4-17-30(25-15-18-29(19-16-25)21-24-13-9-6-10-14-24)27(32)26(28-22(2)31)20-23-11-7-5-8-12-23/h6,9-10,13-14,23,25-26H,3-5,7-8,11-12,15-21H2,1-2H3,(H,28,31)/t26-/m0/s1. The highest BCUT2D eigenvalue weighted by Crippen LogP contribution is 2.28. The minimum Gasteiger partial charge on any atom is -0.345 e. The van der Waals surface area contributed by atoms with Crippen molar-refractivity contribution >= 4 is 11.8 Å². The number of hydrogen-bond acceptors (Lipinski definition) is 3. The van der Waals surface area contributed by atoms with Gasteiger partial charge >= 0.3 is 0 Å². The van der Waals surface area contributed by atoms with Gasteiger partial charge < -0.3 is 10.2 Å². The Morgan fingerprint density at radius 3 is 2.38 bits per heavy atom. The molecule has 5 nitrogen and oxygen atoms in total. The second kappa shape index (κ2) is 13.0. The number of carbonyl (C=O) groups excluding carboxylic acids is 2. The van der Waals surface area contributed by atoms with Crippen LogP contribution in [0.5, 0.6) is 0 Å². The van der Waals surface area contributed by atoms with E-state index < -0.39 is 0 Å². The Labute approximate surface area is 194 Å². The van der Waals surface area contributed by atoms with Gasteiger partial charge in [0.25, 0.3) is 0 Å². The zero-order chi connectivity index (χ0) is 22.8. The van der Waals surface area contributed by atoms with Crippen molar-refractivity contribution in [1.29, 1.82) is 0 Å². The van der Waals surface area contributed by atoms with Crippen molar-refractivity contribution in [3.8, 4) is 0 Å². The number of rotatable bonds is 10. The quantitative estimate of drug-likeness (QED) is 0.570. The molecular weight excluding hydrogens is 398 g/mol. The van der Waals surface area contributed by atoms with Gasteiger partial charge in [-0.2, -0.15) is 0 Å². The maximum Gasteiger partial charge on any atom is 0.245 e. The second-order valence-corrected chi connectivity index (χ2v) is 9.87. The maximum atomic E-state index is 13.7. The van der Waals surface area contributed by atoms with E-state index in [1.165, 1.54) is 37.7 Å². The summed E-state index contributed by atoms with van der Waals surface area (Å²) in [7, 11) is 0. The fraction of sp³-hybridized carbons (Fsp3) is 0.704. The number of nitrogens with zero attached hydrogens (tertiary/aromatic N) is 2. The Morgan fingerprint density at radius 1 is 1.06 bits per heavy atom. The molecule has 0 bridgehead atoms. The van der Waals surface area contributed by atoms with Crippen LogP contribution in [-0.4, -0.2) is 53.3 Å². The Bertz CT molecular complexity index is 694. The SMILES string of the molecule is CCCCN(C(=O)[C@H](CC1CCCCC1)NC(C)=O)C1CCN(Cc2ccccc2)CC1. The van der Waals surface area contributed by atoms with E-state index in [2.05, 4.69) is 52.4 Å². The first-order valence-electron chi connectivity index (χ1n) is 12.9. The number of unbranched alkanes of at least 4 members (excludes halogenated alkanes) is 1. The van der Waals surface area contributed by atoms with Gasteiger partial charge in [-0.1, -0.05) is 75.8 Å². The average molecular weight is 442 g/mol. The molecule has 32 heavy (non-hydrogen) atoms. The second-order valence-electron chi connectivity index (χ2n) is 9.87. The smallest absolute Gasteiger partial charge is 0.245 e. The van der Waals surface area contributed by atoms with Gasteiger partial charge in [0, 0.05) is 39.1 Å². The Morgan fingerprint density at radius 2 is 1.75 bits per heavy atom. The van der Waals surface area contributed by atoms with E-state index in [9.17, 15) is 9.59 Å². The third-order valence-electron chi connectivity index (χ3n) is 7.25. The summed E-state index contributed by atoms with van der Waals surface area (Å²) in [4.78, 5) is 30.3. The number of hydrogen-bond donors (Lipinski definition) is 1. The first-order valence-corrected chi connectivity index (χ1v) is 12.9. The average Bonchev–Trinajstić information content (AvgIpc) is 2.81. The summed E-state index contributed by atoms with van der Waals surface area (Å²) in [5.41, 5.74) is 1.35. The molecule has 0 spiro atoms. The minimum absolute atomic E-state index is 0.0905. The van der Waals surface area contributed by atoms with Gasteiger partial charge in [0.05, 0.1) is 0 Å². The highest BCUT2D eigenvalue weighted by Gasteiger charge is 2.33. The topological polar surface area (TPSA) is 52.7 Å². The lowest BCUT2D eigenvalue weighted by atomic mass is 9.84. The molecule has 2 fully saturated rings. The monoisotopic (exact) mass is 441 g/mol. The first-order chi connectivity index (χ1) is 15.6. The lowest BCUT2D eigenvalue weighted by molar-refractivity contribution is -0.139. The lowest BCUT2D eigenvalue weighted by Gasteiger charge is -2.40. The van der Waals surface area contributed by atoms with Crippen molar-refractivity contribution in [3.05, 3.63) is 35.9 Å². The molecule has 1 saturated heterocycles. The predicted molar refractivity (Wildman–Crippen MR) is 130 cm³/mol. The van der Waals surface area contributed by atoms with Crippen LogP contribution in [0.1, 0.15) is 83.6 Å². The Kier molecular flexibility index (Phi) is 10.0. The van der Waals surface area contributed by atoms with Crippen molar-refractivity contribution in [3.63, 3.8) is 0 Å². The number of amides is 2. The van der Waals surface area contributed by atoms with Gasteiger partial charge in [0.1, 0.15) is 6.04 Å². The van der Waals surface area contributed by atoms with Crippen LogP contribution in [0, 0.1) is 5.92 Å². The van der Waals surface area contributed by atoms with Crippen LogP contribution < -0.4 is 5.32 Å². The molecule has 1 N–H and O–H groups in total. The highest BCUT2D eigenvalue weighted by atomic mass is 16.2. The van der Waals surface area contributed by atoms with Crippen LogP contribution in [0.3, 0.4) is 0 Å². The van der Waals surface area contributed by atoms with Crippen LogP contribution in [0.15, 0.2) is 30.3 Å². The van der Waals surface area contributed by atoms with Gasteiger partial charge in [-0.05, 0) is 37.2 Å². The number of piperidine rings is 1. The van der Waals surface area contributed by atoms with Gasteiger partial charge in [-0.15, -0.1) is 0 Å². The number of nitrogens with one attached hydrogen (secondary N) is 1. The first kappa shape index (κ1) is 24.8. The van der Waals surface area contributed by atoms with E-state index in [-0.39, 0.29) is 23.9 Å². The molecule has 2 amide bonds. The number of carbonyl (C=O) groups is 2. The van der Waals surface area contributed by atoms with Gasteiger partial charge in [0.15, 0.2) is 0 Å². The van der Waals surface area contributed by atoms with Crippen LogP contribution in [0.4, 0.5) is 0 Å². The van der Waals surface area contributed by atoms with Crippen molar-refractivity contribution in [2.45, 2.75) is 96.7 Å². The molecule has 3 rings (SSSR count). The van der Waals surface area contributed by atoms with Crippen LogP contribution in [-0.2, 0) is 16.1 Å². The third-order valence-corrected chi connectivity index (χ3v) is 7.25. The summed E-state index contributed by atoms with van der Waals surface area (Å²) in [5, 5.41) is 3.02. The summed E-state index contributed by atoms with van der Waals surface area (Å²) in [6, 6.07) is 10.5. The Balaban J connectivity index is 1.62. The van der Waals surface area contributed by atoms with Crippen molar-refractivity contribution in [1.82, 2.24) is 15.1 Å². The zero-order valence-corrected chi connectivity index (χ0v) is 20.2. The molecule has 1 heterocycles. The molecular formula is C27H43N3O2. The summed E-state index contributed by atoms with van der Waals surface area (Å²) in [5.74, 6) is 0.623. The van der Waals surface area contributed by atoms with Crippen LogP contribution in [0.2, 0.25) is 0 Å². The fourth-order valence-electron chi connectivity index (χ4n) is 5.46. The van der Waals surface area contributed by atoms with Crippen molar-refractivity contribution in [2.75, 3.05) is 19.6 Å². The predicted octanol–water partition coefficient (Wildman–Crippen LogP) is 4.75. The minimum atomic E-state index is -0.366. The molecule has 1 aromatic rings. The number of benzene rings is 1. The molecule has 1 atom stereocenters. The normalized spacial score (nSPS) is 19.4. The van der Waals surface area contributed by atoms with Crippen LogP contribution >= 0.6 is 0 Å². The van der Waals surface area contributed by atoms with Crippen LogP contribution in [0.25, 0.3) is 0 Å². The molecule has 0 radical (unpaired) electrons. The maximum absolute atomic E-state index is 13.7. The third kappa shape index (κ3) is 7.61. The van der Waals surface area contributed by atoms with Crippen molar-refractivity contribution in [2.24, 2.45) is 5.92 Å². The molecule has 178 valence electrons. The molecule has 1 aromatic carbocycles. The van der Waals surface area contributed by atoms with Gasteiger partial charge in [0.2, 0.25) is 11.8 Å². The summed E-state index contributed by atoms with van der Waals surface area (Å²) < 4.78 is 0. The van der Waals surface area contributed by atoms with E-state index >= 15 is 0 Å². The van der Waals surface area contributed by atoms with E-state index in [0.29, 0.717) is 5.92 Å². The zero-order valence-electron chi connectivity index (χ0n) is 20.2. The number of likely N-dealkylation sites (tertiary alicyclic amines) is 1. The molecule has 1 saturated carbocycles.